The summed E-state index contributed by atoms with van der Waals surface area (Å²) in [6.45, 7) is 7.66. The summed E-state index contributed by atoms with van der Waals surface area (Å²) in [5, 5.41) is 0. The second-order valence-corrected chi connectivity index (χ2v) is 3.80. The average molecular weight is 169 g/mol. The highest BCUT2D eigenvalue weighted by atomic mass is 16.5. The molecule has 0 aromatic heterocycles. The Labute approximate surface area is 74.8 Å². The molecule has 0 radical (unpaired) electrons. The summed E-state index contributed by atoms with van der Waals surface area (Å²) in [5.41, 5.74) is 7.18. The molecule has 1 rings (SSSR count). The Balaban J connectivity index is 2.29. The van der Waals surface area contributed by atoms with Crippen LogP contribution in [0.5, 0.6) is 0 Å². The van der Waals surface area contributed by atoms with E-state index in [1.165, 1.54) is 12.0 Å². The topological polar surface area (TPSA) is 35.2 Å². The monoisotopic (exact) mass is 169 g/mol. The SMILES string of the molecule is C=C(C)CC(N)C1CCCOC1. The van der Waals surface area contributed by atoms with Gasteiger partial charge in [0.1, 0.15) is 0 Å². The Bertz CT molecular complexity index is 150. The van der Waals surface area contributed by atoms with Crippen LogP contribution in [0.15, 0.2) is 12.2 Å². The lowest BCUT2D eigenvalue weighted by Gasteiger charge is -2.27. The van der Waals surface area contributed by atoms with E-state index in [9.17, 15) is 0 Å². The van der Waals surface area contributed by atoms with Gasteiger partial charge in [0, 0.05) is 12.6 Å². The minimum atomic E-state index is 0.253. The number of nitrogens with two attached hydrogens (primary N) is 1. The zero-order chi connectivity index (χ0) is 8.97. The van der Waals surface area contributed by atoms with Gasteiger partial charge in [-0.05, 0) is 32.1 Å². The van der Waals surface area contributed by atoms with Crippen molar-refractivity contribution in [3.05, 3.63) is 12.2 Å². The van der Waals surface area contributed by atoms with Gasteiger partial charge in [-0.25, -0.2) is 0 Å². The quantitative estimate of drug-likeness (QED) is 0.653. The summed E-state index contributed by atoms with van der Waals surface area (Å²) in [6, 6.07) is 0.253. The van der Waals surface area contributed by atoms with E-state index in [0.29, 0.717) is 5.92 Å². The molecule has 0 saturated carbocycles. The van der Waals surface area contributed by atoms with E-state index in [2.05, 4.69) is 6.58 Å². The van der Waals surface area contributed by atoms with Gasteiger partial charge >= 0.3 is 0 Å². The minimum absolute atomic E-state index is 0.253. The Morgan fingerprint density at radius 1 is 1.75 bits per heavy atom. The summed E-state index contributed by atoms with van der Waals surface area (Å²) >= 11 is 0. The van der Waals surface area contributed by atoms with Crippen molar-refractivity contribution in [2.75, 3.05) is 13.2 Å². The molecule has 1 heterocycles. The Morgan fingerprint density at radius 3 is 3.00 bits per heavy atom. The third-order valence-electron chi connectivity index (χ3n) is 2.39. The molecule has 1 fully saturated rings. The Morgan fingerprint density at radius 2 is 2.50 bits per heavy atom. The van der Waals surface area contributed by atoms with Gasteiger partial charge in [0.05, 0.1) is 6.61 Å². The molecule has 0 bridgehead atoms. The lowest BCUT2D eigenvalue weighted by molar-refractivity contribution is 0.0450. The second kappa shape index (κ2) is 4.63. The predicted octanol–water partition coefficient (Wildman–Crippen LogP) is 1.71. The molecule has 70 valence electrons. The van der Waals surface area contributed by atoms with Crippen molar-refractivity contribution in [1.29, 1.82) is 0 Å². The van der Waals surface area contributed by atoms with Crippen LogP contribution in [0.3, 0.4) is 0 Å². The van der Waals surface area contributed by atoms with Gasteiger partial charge in [-0.15, -0.1) is 6.58 Å². The fraction of sp³-hybridized carbons (Fsp3) is 0.800. The van der Waals surface area contributed by atoms with Crippen LogP contribution in [0, 0.1) is 5.92 Å². The molecular weight excluding hydrogens is 150 g/mol. The maximum Gasteiger partial charge on any atom is 0.0509 e. The highest BCUT2D eigenvalue weighted by Gasteiger charge is 2.20. The summed E-state index contributed by atoms with van der Waals surface area (Å²) in [7, 11) is 0. The number of ether oxygens (including phenoxy) is 1. The zero-order valence-electron chi connectivity index (χ0n) is 7.88. The molecule has 1 aliphatic heterocycles. The van der Waals surface area contributed by atoms with Crippen LogP contribution in [0.1, 0.15) is 26.2 Å². The molecule has 2 atom stereocenters. The van der Waals surface area contributed by atoms with Crippen molar-refractivity contribution in [1.82, 2.24) is 0 Å². The zero-order valence-corrected chi connectivity index (χ0v) is 7.88. The third-order valence-corrected chi connectivity index (χ3v) is 2.39. The lowest BCUT2D eigenvalue weighted by atomic mass is 9.90. The fourth-order valence-electron chi connectivity index (χ4n) is 1.67. The molecule has 0 amide bonds. The van der Waals surface area contributed by atoms with Gasteiger partial charge in [-0.2, -0.15) is 0 Å². The summed E-state index contributed by atoms with van der Waals surface area (Å²) in [4.78, 5) is 0. The third kappa shape index (κ3) is 2.95. The molecule has 1 aliphatic rings. The van der Waals surface area contributed by atoms with Gasteiger partial charge in [0.25, 0.3) is 0 Å². The van der Waals surface area contributed by atoms with Crippen molar-refractivity contribution >= 4 is 0 Å². The van der Waals surface area contributed by atoms with E-state index in [4.69, 9.17) is 10.5 Å². The van der Waals surface area contributed by atoms with Crippen LogP contribution in [0.2, 0.25) is 0 Å². The maximum atomic E-state index is 6.01. The van der Waals surface area contributed by atoms with Gasteiger partial charge in [0.2, 0.25) is 0 Å². The molecule has 0 spiro atoms. The highest BCUT2D eigenvalue weighted by Crippen LogP contribution is 2.19. The molecule has 2 nitrogen and oxygen atoms in total. The first-order chi connectivity index (χ1) is 5.70. The highest BCUT2D eigenvalue weighted by molar-refractivity contribution is 4.94. The molecular formula is C10H19NO. The largest absolute Gasteiger partial charge is 0.381 e. The van der Waals surface area contributed by atoms with E-state index in [0.717, 1.165) is 26.1 Å². The second-order valence-electron chi connectivity index (χ2n) is 3.80. The first-order valence-electron chi connectivity index (χ1n) is 4.68. The van der Waals surface area contributed by atoms with Crippen molar-refractivity contribution in [3.8, 4) is 0 Å². The van der Waals surface area contributed by atoms with Crippen LogP contribution in [-0.2, 0) is 4.74 Å². The Kier molecular flexibility index (Phi) is 3.76. The van der Waals surface area contributed by atoms with Crippen LogP contribution in [0.25, 0.3) is 0 Å². The molecule has 0 aromatic rings. The van der Waals surface area contributed by atoms with E-state index < -0.39 is 0 Å². The van der Waals surface area contributed by atoms with Crippen molar-refractivity contribution in [2.24, 2.45) is 11.7 Å². The predicted molar refractivity (Wildman–Crippen MR) is 50.9 cm³/mol. The van der Waals surface area contributed by atoms with E-state index in [1.54, 1.807) is 0 Å². The lowest BCUT2D eigenvalue weighted by Crippen LogP contribution is -2.35. The normalized spacial score (nSPS) is 26.7. The van der Waals surface area contributed by atoms with E-state index >= 15 is 0 Å². The van der Waals surface area contributed by atoms with Crippen LogP contribution >= 0.6 is 0 Å². The first-order valence-corrected chi connectivity index (χ1v) is 4.68. The van der Waals surface area contributed by atoms with Gasteiger partial charge in [-0.1, -0.05) is 5.57 Å². The Hall–Kier alpha value is -0.340. The van der Waals surface area contributed by atoms with Gasteiger partial charge < -0.3 is 10.5 Å². The van der Waals surface area contributed by atoms with Crippen LogP contribution < -0.4 is 5.73 Å². The average Bonchev–Trinajstić information content (AvgIpc) is 2.05. The minimum Gasteiger partial charge on any atom is -0.381 e. The summed E-state index contributed by atoms with van der Waals surface area (Å²) < 4.78 is 5.38. The summed E-state index contributed by atoms with van der Waals surface area (Å²) in [5.74, 6) is 0.551. The maximum absolute atomic E-state index is 6.01. The molecule has 0 aromatic carbocycles. The molecule has 1 saturated heterocycles. The number of rotatable bonds is 3. The molecule has 12 heavy (non-hydrogen) atoms. The van der Waals surface area contributed by atoms with Crippen LogP contribution in [-0.4, -0.2) is 19.3 Å². The molecule has 2 N–H and O–H groups in total. The number of hydrogen-bond donors (Lipinski definition) is 1. The molecule has 2 heteroatoms. The number of hydrogen-bond acceptors (Lipinski definition) is 2. The summed E-state index contributed by atoms with van der Waals surface area (Å²) in [6.07, 6.45) is 3.32. The van der Waals surface area contributed by atoms with Gasteiger partial charge in [-0.3, -0.25) is 0 Å². The first kappa shape index (κ1) is 9.75. The molecule has 0 aliphatic carbocycles. The van der Waals surface area contributed by atoms with E-state index in [-0.39, 0.29) is 6.04 Å². The van der Waals surface area contributed by atoms with E-state index in [1.807, 2.05) is 6.92 Å². The fourth-order valence-corrected chi connectivity index (χ4v) is 1.67. The van der Waals surface area contributed by atoms with Crippen molar-refractivity contribution in [2.45, 2.75) is 32.2 Å². The smallest absolute Gasteiger partial charge is 0.0509 e. The van der Waals surface area contributed by atoms with Crippen molar-refractivity contribution < 1.29 is 4.74 Å². The van der Waals surface area contributed by atoms with Crippen molar-refractivity contribution in [3.63, 3.8) is 0 Å². The van der Waals surface area contributed by atoms with Gasteiger partial charge in [0.15, 0.2) is 0 Å². The molecule has 2 unspecified atom stereocenters. The van der Waals surface area contributed by atoms with Crippen LogP contribution in [0.4, 0.5) is 0 Å². The standard InChI is InChI=1S/C10H19NO/c1-8(2)6-10(11)9-4-3-5-12-7-9/h9-10H,1,3-7,11H2,2H3.